The van der Waals surface area contributed by atoms with Crippen LogP contribution in [-0.2, 0) is 0 Å². The van der Waals surface area contributed by atoms with E-state index in [4.69, 9.17) is 16.7 Å². The van der Waals surface area contributed by atoms with Gasteiger partial charge in [0.15, 0.2) is 5.69 Å². The minimum absolute atomic E-state index is 0. The summed E-state index contributed by atoms with van der Waals surface area (Å²) < 4.78 is 1.85. The van der Waals surface area contributed by atoms with Crippen molar-refractivity contribution >= 4 is 51.6 Å². The van der Waals surface area contributed by atoms with Gasteiger partial charge in [-0.25, -0.2) is 4.68 Å². The minimum atomic E-state index is -0.157. The van der Waals surface area contributed by atoms with Crippen LogP contribution < -0.4 is 5.32 Å². The van der Waals surface area contributed by atoms with Gasteiger partial charge in [-0.3, -0.25) is 4.79 Å². The predicted molar refractivity (Wildman–Crippen MR) is 131 cm³/mol. The third-order valence-corrected chi connectivity index (χ3v) is 5.68. The predicted octanol–water partition coefficient (Wildman–Crippen LogP) is 5.33. The van der Waals surface area contributed by atoms with Gasteiger partial charge in [0.25, 0.3) is 5.91 Å². The fourth-order valence-electron chi connectivity index (χ4n) is 3.78. The maximum Gasteiger partial charge on any atom is 0.272 e. The van der Waals surface area contributed by atoms with Crippen molar-refractivity contribution in [2.75, 3.05) is 26.2 Å². The molecule has 7 heteroatoms. The Kier molecular flexibility index (Phi) is 7.55. The van der Waals surface area contributed by atoms with Crippen LogP contribution in [0.4, 0.5) is 0 Å². The average molecular weight is 457 g/mol. The van der Waals surface area contributed by atoms with E-state index in [-0.39, 0.29) is 18.3 Å². The molecule has 0 saturated heterocycles. The van der Waals surface area contributed by atoms with E-state index >= 15 is 0 Å². The first-order valence-corrected chi connectivity index (χ1v) is 10.7. The van der Waals surface area contributed by atoms with Crippen LogP contribution in [0.1, 0.15) is 24.3 Å². The van der Waals surface area contributed by atoms with E-state index in [1.807, 2.05) is 65.3 Å². The van der Waals surface area contributed by atoms with Crippen molar-refractivity contribution in [2.45, 2.75) is 13.8 Å². The first-order chi connectivity index (χ1) is 14.6. The van der Waals surface area contributed by atoms with Gasteiger partial charge in [0.1, 0.15) is 0 Å². The lowest BCUT2D eigenvalue weighted by Gasteiger charge is -2.17. The van der Waals surface area contributed by atoms with E-state index in [0.717, 1.165) is 47.0 Å². The lowest BCUT2D eigenvalue weighted by atomic mass is 10.1. The smallest absolute Gasteiger partial charge is 0.272 e. The van der Waals surface area contributed by atoms with Crippen LogP contribution in [0.3, 0.4) is 0 Å². The van der Waals surface area contributed by atoms with Crippen molar-refractivity contribution < 1.29 is 4.79 Å². The fraction of sp³-hybridized carbons (Fsp3) is 0.250. The van der Waals surface area contributed by atoms with Crippen LogP contribution in [0, 0.1) is 0 Å². The Morgan fingerprint density at radius 1 is 1.03 bits per heavy atom. The van der Waals surface area contributed by atoms with E-state index in [2.05, 4.69) is 24.1 Å². The molecule has 162 valence electrons. The Hall–Kier alpha value is -2.60. The van der Waals surface area contributed by atoms with Crippen molar-refractivity contribution in [3.63, 3.8) is 0 Å². The number of nitrogens with zero attached hydrogens (tertiary/aromatic N) is 3. The number of carbonyl (C=O) groups is 1. The highest BCUT2D eigenvalue weighted by Crippen LogP contribution is 2.31. The Bertz CT molecular complexity index is 1190. The van der Waals surface area contributed by atoms with Gasteiger partial charge < -0.3 is 10.2 Å². The molecule has 4 rings (SSSR count). The SMILES string of the molecule is CCN(CC)CCNC(=O)c1nn(-c2ccccc2)c2c1ccc1cc(Cl)ccc12.Cl. The molecular weight excluding hydrogens is 431 g/mol. The quantitative estimate of drug-likeness (QED) is 0.409. The highest BCUT2D eigenvalue weighted by atomic mass is 35.5. The van der Waals surface area contributed by atoms with E-state index in [1.165, 1.54) is 0 Å². The van der Waals surface area contributed by atoms with Crippen molar-refractivity contribution in [3.8, 4) is 5.69 Å². The zero-order valence-electron chi connectivity index (χ0n) is 17.6. The molecule has 1 heterocycles. The fourth-order valence-corrected chi connectivity index (χ4v) is 3.96. The standard InChI is InChI=1S/C24H25ClN4O.ClH/c1-3-28(4-2)15-14-26-24(30)22-21-12-10-17-16-18(25)11-13-20(17)23(21)29(27-22)19-8-6-5-7-9-19;/h5-13,16H,3-4,14-15H2,1-2H3,(H,26,30);1H. The molecule has 0 bridgehead atoms. The van der Waals surface area contributed by atoms with Crippen molar-refractivity contribution in [1.82, 2.24) is 20.0 Å². The van der Waals surface area contributed by atoms with E-state index in [9.17, 15) is 4.79 Å². The summed E-state index contributed by atoms with van der Waals surface area (Å²) >= 11 is 6.20. The van der Waals surface area contributed by atoms with E-state index in [0.29, 0.717) is 17.3 Å². The lowest BCUT2D eigenvalue weighted by Crippen LogP contribution is -2.35. The zero-order chi connectivity index (χ0) is 21.1. The first kappa shape index (κ1) is 23.1. The highest BCUT2D eigenvalue weighted by molar-refractivity contribution is 6.31. The normalized spacial score (nSPS) is 11.1. The van der Waals surface area contributed by atoms with Crippen LogP contribution in [0.2, 0.25) is 5.02 Å². The molecule has 0 radical (unpaired) electrons. The molecule has 0 fully saturated rings. The summed E-state index contributed by atoms with van der Waals surface area (Å²) in [6, 6.07) is 19.6. The second-order valence-corrected chi connectivity index (χ2v) is 7.64. The summed E-state index contributed by atoms with van der Waals surface area (Å²) in [6.07, 6.45) is 0. The molecule has 3 aromatic carbocycles. The van der Waals surface area contributed by atoms with Gasteiger partial charge >= 0.3 is 0 Å². The molecule has 5 nitrogen and oxygen atoms in total. The monoisotopic (exact) mass is 456 g/mol. The molecule has 0 aliphatic rings. The Balaban J connectivity index is 0.00000272. The Morgan fingerprint density at radius 2 is 1.74 bits per heavy atom. The number of carbonyl (C=O) groups excluding carboxylic acids is 1. The molecule has 0 aliphatic heterocycles. The van der Waals surface area contributed by atoms with Crippen molar-refractivity contribution in [1.29, 1.82) is 0 Å². The van der Waals surface area contributed by atoms with Gasteiger partial charge in [0.05, 0.1) is 11.2 Å². The lowest BCUT2D eigenvalue weighted by molar-refractivity contribution is 0.0945. The molecule has 31 heavy (non-hydrogen) atoms. The summed E-state index contributed by atoms with van der Waals surface area (Å²) in [5.74, 6) is -0.157. The average Bonchev–Trinajstić information content (AvgIpc) is 3.17. The summed E-state index contributed by atoms with van der Waals surface area (Å²) in [6.45, 7) is 7.58. The maximum absolute atomic E-state index is 13.0. The Morgan fingerprint density at radius 3 is 2.45 bits per heavy atom. The molecule has 1 aromatic heterocycles. The van der Waals surface area contributed by atoms with Gasteiger partial charge in [-0.15, -0.1) is 12.4 Å². The molecular formula is C24H26Cl2N4O. The van der Waals surface area contributed by atoms with E-state index in [1.54, 1.807) is 0 Å². The van der Waals surface area contributed by atoms with Gasteiger partial charge in [-0.2, -0.15) is 5.10 Å². The second-order valence-electron chi connectivity index (χ2n) is 7.21. The molecule has 0 aliphatic carbocycles. The molecule has 4 aromatic rings. The number of likely N-dealkylation sites (N-methyl/N-ethyl adjacent to an activating group) is 1. The summed E-state index contributed by atoms with van der Waals surface area (Å²) in [7, 11) is 0. The van der Waals surface area contributed by atoms with Crippen LogP contribution in [0.15, 0.2) is 60.7 Å². The number of nitrogens with one attached hydrogen (secondary N) is 1. The molecule has 1 N–H and O–H groups in total. The number of para-hydroxylation sites is 1. The maximum atomic E-state index is 13.0. The van der Waals surface area contributed by atoms with Gasteiger partial charge in [-0.05, 0) is 48.8 Å². The molecule has 0 saturated carbocycles. The third-order valence-electron chi connectivity index (χ3n) is 5.44. The molecule has 0 atom stereocenters. The van der Waals surface area contributed by atoms with E-state index < -0.39 is 0 Å². The van der Waals surface area contributed by atoms with Crippen LogP contribution in [0.5, 0.6) is 0 Å². The number of benzene rings is 3. The van der Waals surface area contributed by atoms with Crippen molar-refractivity contribution in [2.24, 2.45) is 0 Å². The summed E-state index contributed by atoms with van der Waals surface area (Å²) in [4.78, 5) is 15.3. The number of fused-ring (bicyclic) bond motifs is 3. The molecule has 0 spiro atoms. The number of rotatable bonds is 7. The third kappa shape index (κ3) is 4.69. The Labute approximate surface area is 193 Å². The van der Waals surface area contributed by atoms with Crippen LogP contribution in [0.25, 0.3) is 27.4 Å². The topological polar surface area (TPSA) is 50.2 Å². The minimum Gasteiger partial charge on any atom is -0.349 e. The summed E-state index contributed by atoms with van der Waals surface area (Å²) in [5.41, 5.74) is 2.25. The van der Waals surface area contributed by atoms with Crippen LogP contribution in [-0.4, -0.2) is 46.8 Å². The molecule has 0 unspecified atom stereocenters. The molecule has 1 amide bonds. The van der Waals surface area contributed by atoms with Gasteiger partial charge in [-0.1, -0.05) is 55.8 Å². The largest absolute Gasteiger partial charge is 0.349 e. The first-order valence-electron chi connectivity index (χ1n) is 10.3. The van der Waals surface area contributed by atoms with Crippen molar-refractivity contribution in [3.05, 3.63) is 71.4 Å². The second kappa shape index (κ2) is 10.1. The van der Waals surface area contributed by atoms with Gasteiger partial charge in [0, 0.05) is 28.9 Å². The zero-order valence-corrected chi connectivity index (χ0v) is 19.2. The number of hydrogen-bond acceptors (Lipinski definition) is 3. The van der Waals surface area contributed by atoms with Crippen LogP contribution >= 0.6 is 24.0 Å². The number of amides is 1. The number of halogens is 2. The summed E-state index contributed by atoms with van der Waals surface area (Å²) in [5, 5.41) is 11.3. The number of hydrogen-bond donors (Lipinski definition) is 1. The number of aromatic nitrogens is 2. The van der Waals surface area contributed by atoms with Gasteiger partial charge in [0.2, 0.25) is 0 Å². The highest BCUT2D eigenvalue weighted by Gasteiger charge is 2.20.